The molecule has 0 amide bonds. The minimum atomic E-state index is -3.25. The number of rotatable bonds is 5. The Kier molecular flexibility index (Phi) is 5.94. The highest BCUT2D eigenvalue weighted by Gasteiger charge is 2.16. The van der Waals surface area contributed by atoms with E-state index in [0.29, 0.717) is 17.7 Å². The van der Waals surface area contributed by atoms with E-state index < -0.39 is 9.84 Å². The lowest BCUT2D eigenvalue weighted by Gasteiger charge is -2.16. The monoisotopic (exact) mass is 324 g/mol. The lowest BCUT2D eigenvalue weighted by Crippen LogP contribution is -2.09. The third-order valence-electron chi connectivity index (χ3n) is 3.01. The van der Waals surface area contributed by atoms with Crippen molar-refractivity contribution in [2.45, 2.75) is 39.0 Å². The van der Waals surface area contributed by atoms with E-state index in [-0.39, 0.29) is 16.3 Å². The van der Waals surface area contributed by atoms with Crippen LogP contribution in [0.3, 0.4) is 0 Å². The number of allylic oxidation sites excluding steroid dienone is 1. The summed E-state index contributed by atoms with van der Waals surface area (Å²) in [5, 5.41) is 0. The molecule has 0 aliphatic carbocycles. The van der Waals surface area contributed by atoms with Gasteiger partial charge in [0.05, 0.1) is 17.1 Å². The fraction of sp³-hybridized carbons (Fsp3) is 0.471. The number of benzene rings is 1. The molecule has 0 aliphatic heterocycles. The van der Waals surface area contributed by atoms with Crippen molar-refractivity contribution in [3.05, 3.63) is 35.9 Å². The lowest BCUT2D eigenvalue weighted by atomic mass is 9.90. The van der Waals surface area contributed by atoms with Gasteiger partial charge in [-0.2, -0.15) is 0 Å². The summed E-state index contributed by atoms with van der Waals surface area (Å²) in [6.45, 7) is 8.30. The molecule has 5 heteroatoms. The zero-order valence-corrected chi connectivity index (χ0v) is 14.7. The van der Waals surface area contributed by atoms with E-state index in [4.69, 9.17) is 4.74 Å². The topological polar surface area (TPSA) is 60.4 Å². The van der Waals surface area contributed by atoms with E-state index >= 15 is 0 Å². The van der Waals surface area contributed by atoms with Crippen LogP contribution < -0.4 is 0 Å². The number of hydrogen-bond donors (Lipinski definition) is 0. The van der Waals surface area contributed by atoms with Crippen LogP contribution >= 0.6 is 0 Å². The number of carbonyl (C=O) groups is 1. The Morgan fingerprint density at radius 2 is 1.73 bits per heavy atom. The molecule has 0 unspecified atom stereocenters. The molecular weight excluding hydrogens is 300 g/mol. The molecule has 4 nitrogen and oxygen atoms in total. The summed E-state index contributed by atoms with van der Waals surface area (Å²) >= 11 is 0. The molecule has 0 aromatic heterocycles. The average molecular weight is 324 g/mol. The molecular formula is C17H24O4S. The van der Waals surface area contributed by atoms with Gasteiger partial charge in [0.2, 0.25) is 0 Å². The van der Waals surface area contributed by atoms with Crippen molar-refractivity contribution in [1.29, 1.82) is 0 Å². The van der Waals surface area contributed by atoms with Gasteiger partial charge in [0, 0.05) is 6.26 Å². The molecule has 0 heterocycles. The van der Waals surface area contributed by atoms with Crippen molar-refractivity contribution in [3.8, 4) is 0 Å². The number of sulfone groups is 1. The maximum Gasteiger partial charge on any atom is 0.338 e. The normalized spacial score (nSPS) is 13.0. The molecule has 0 N–H and O–H groups in total. The summed E-state index contributed by atoms with van der Waals surface area (Å²) in [6.07, 6.45) is 3.73. The van der Waals surface area contributed by atoms with Gasteiger partial charge in [-0.3, -0.25) is 0 Å². The maximum absolute atomic E-state index is 12.1. The Bertz CT molecular complexity index is 647. The Hall–Kier alpha value is -1.62. The van der Waals surface area contributed by atoms with Crippen LogP contribution in [0.25, 0.3) is 5.57 Å². The minimum Gasteiger partial charge on any atom is -0.462 e. The molecule has 22 heavy (non-hydrogen) atoms. The first kappa shape index (κ1) is 18.4. The Labute approximate surface area is 133 Å². The van der Waals surface area contributed by atoms with Crippen LogP contribution in [0.1, 0.15) is 39.7 Å². The molecule has 122 valence electrons. The zero-order chi connectivity index (χ0) is 17.0. The summed E-state index contributed by atoms with van der Waals surface area (Å²) in [6, 6.07) is 6.30. The summed E-state index contributed by atoms with van der Waals surface area (Å²) in [7, 11) is -3.25. The van der Waals surface area contributed by atoms with Crippen LogP contribution in [0, 0.1) is 5.41 Å². The molecule has 0 radical (unpaired) electrons. The van der Waals surface area contributed by atoms with Crippen molar-refractivity contribution in [2.24, 2.45) is 5.41 Å². The molecule has 0 aliphatic rings. The fourth-order valence-corrected chi connectivity index (χ4v) is 2.45. The van der Waals surface area contributed by atoms with Crippen molar-refractivity contribution < 1.29 is 17.9 Å². The SMILES string of the molecule is CCOC(=O)C(=CCC(C)(C)C)c1ccc(S(C)(=O)=O)cc1. The predicted octanol–water partition coefficient (Wildman–Crippen LogP) is 3.47. The molecule has 1 aromatic carbocycles. The molecule has 0 fully saturated rings. The first-order valence-corrected chi connectivity index (χ1v) is 9.11. The van der Waals surface area contributed by atoms with Gasteiger partial charge in [0.1, 0.15) is 0 Å². The number of hydrogen-bond acceptors (Lipinski definition) is 4. The summed E-state index contributed by atoms with van der Waals surface area (Å²) in [5.74, 6) is -0.390. The second-order valence-corrected chi connectivity index (χ2v) is 8.42. The third-order valence-corrected chi connectivity index (χ3v) is 4.14. The van der Waals surface area contributed by atoms with Crippen LogP contribution in [-0.2, 0) is 19.4 Å². The molecule has 1 rings (SSSR count). The first-order valence-electron chi connectivity index (χ1n) is 7.22. The standard InChI is InChI=1S/C17H24O4S/c1-6-21-16(18)15(11-12-17(2,3)4)13-7-9-14(10-8-13)22(5,19)20/h7-11H,6,12H2,1-5H3. The quantitative estimate of drug-likeness (QED) is 0.614. The van der Waals surface area contributed by atoms with E-state index in [1.165, 1.54) is 12.1 Å². The van der Waals surface area contributed by atoms with Crippen molar-refractivity contribution >= 4 is 21.4 Å². The highest BCUT2D eigenvalue weighted by atomic mass is 32.2. The van der Waals surface area contributed by atoms with Crippen LogP contribution in [0.4, 0.5) is 0 Å². The fourth-order valence-electron chi connectivity index (χ4n) is 1.82. The van der Waals surface area contributed by atoms with Gasteiger partial charge in [-0.15, -0.1) is 0 Å². The van der Waals surface area contributed by atoms with Crippen molar-refractivity contribution in [2.75, 3.05) is 12.9 Å². The van der Waals surface area contributed by atoms with Gasteiger partial charge in [0.15, 0.2) is 9.84 Å². The van der Waals surface area contributed by atoms with Gasteiger partial charge in [0.25, 0.3) is 0 Å². The first-order chi connectivity index (χ1) is 10.0. The third kappa shape index (κ3) is 5.64. The molecule has 0 atom stereocenters. The van der Waals surface area contributed by atoms with Crippen molar-refractivity contribution in [1.82, 2.24) is 0 Å². The van der Waals surface area contributed by atoms with E-state index in [2.05, 4.69) is 20.8 Å². The predicted molar refractivity (Wildman–Crippen MR) is 88.2 cm³/mol. The van der Waals surface area contributed by atoms with Crippen molar-refractivity contribution in [3.63, 3.8) is 0 Å². The highest BCUT2D eigenvalue weighted by molar-refractivity contribution is 7.90. The summed E-state index contributed by atoms with van der Waals surface area (Å²) in [4.78, 5) is 12.4. The second-order valence-electron chi connectivity index (χ2n) is 6.40. The zero-order valence-electron chi connectivity index (χ0n) is 13.8. The van der Waals surface area contributed by atoms with Gasteiger partial charge < -0.3 is 4.74 Å². The molecule has 0 spiro atoms. The second kappa shape index (κ2) is 7.09. The van der Waals surface area contributed by atoms with E-state index in [1.807, 2.05) is 6.08 Å². The average Bonchev–Trinajstić information content (AvgIpc) is 2.37. The molecule has 0 saturated heterocycles. The van der Waals surface area contributed by atoms with Gasteiger partial charge in [-0.05, 0) is 36.5 Å². The minimum absolute atomic E-state index is 0.0461. The van der Waals surface area contributed by atoms with E-state index in [0.717, 1.165) is 12.7 Å². The van der Waals surface area contributed by atoms with Gasteiger partial charge in [-0.1, -0.05) is 39.0 Å². The molecule has 0 saturated carbocycles. The molecule has 1 aromatic rings. The summed E-state index contributed by atoms with van der Waals surface area (Å²) < 4.78 is 28.1. The Balaban J connectivity index is 3.19. The maximum atomic E-state index is 12.1. The molecule has 0 bridgehead atoms. The van der Waals surface area contributed by atoms with Crippen LogP contribution in [0.5, 0.6) is 0 Å². The summed E-state index contributed by atoms with van der Waals surface area (Å²) in [5.41, 5.74) is 1.18. The van der Waals surface area contributed by atoms with E-state index in [1.54, 1.807) is 19.1 Å². The highest BCUT2D eigenvalue weighted by Crippen LogP contribution is 2.25. The smallest absolute Gasteiger partial charge is 0.338 e. The Morgan fingerprint density at radius 3 is 2.14 bits per heavy atom. The van der Waals surface area contributed by atoms with E-state index in [9.17, 15) is 13.2 Å². The van der Waals surface area contributed by atoms with Crippen LogP contribution in [0.15, 0.2) is 35.2 Å². The van der Waals surface area contributed by atoms with Crippen LogP contribution in [-0.4, -0.2) is 27.2 Å². The number of carbonyl (C=O) groups excluding carboxylic acids is 1. The number of ether oxygens (including phenoxy) is 1. The number of esters is 1. The largest absolute Gasteiger partial charge is 0.462 e. The Morgan fingerprint density at radius 1 is 1.18 bits per heavy atom. The van der Waals surface area contributed by atoms with Crippen LogP contribution in [0.2, 0.25) is 0 Å². The van der Waals surface area contributed by atoms with Gasteiger partial charge >= 0.3 is 5.97 Å². The lowest BCUT2D eigenvalue weighted by molar-refractivity contribution is -0.136. The van der Waals surface area contributed by atoms with Gasteiger partial charge in [-0.25, -0.2) is 13.2 Å².